The van der Waals surface area contributed by atoms with E-state index in [4.69, 9.17) is 0 Å². The molecular weight excluding hydrogens is 335 g/mol. The number of amides is 1. The fourth-order valence-electron chi connectivity index (χ4n) is 2.09. The largest absolute Gasteiger partial charge is 0.351 e. The van der Waals surface area contributed by atoms with E-state index in [0.717, 1.165) is 15.6 Å². The van der Waals surface area contributed by atoms with Crippen LogP contribution < -0.4 is 5.32 Å². The molecule has 0 aliphatic carbocycles. The topological polar surface area (TPSA) is 44.9 Å². The first-order valence-electron chi connectivity index (χ1n) is 6.39. The Morgan fingerprint density at radius 3 is 2.76 bits per heavy atom. The van der Waals surface area contributed by atoms with Crippen molar-refractivity contribution in [2.45, 2.75) is 6.92 Å². The Bertz CT molecular complexity index is 841. The minimum atomic E-state index is -0.323. The number of aromatic amines is 1. The van der Waals surface area contributed by atoms with Gasteiger partial charge in [-0.05, 0) is 48.9 Å². The second kappa shape index (κ2) is 5.33. The van der Waals surface area contributed by atoms with Crippen LogP contribution in [0.3, 0.4) is 0 Å². The van der Waals surface area contributed by atoms with E-state index in [-0.39, 0.29) is 11.7 Å². The lowest BCUT2D eigenvalue weighted by Gasteiger charge is -2.05. The van der Waals surface area contributed by atoms with Crippen molar-refractivity contribution in [2.75, 3.05) is 5.32 Å². The summed E-state index contributed by atoms with van der Waals surface area (Å²) >= 11 is 3.43. The van der Waals surface area contributed by atoms with Crippen LogP contribution in [-0.4, -0.2) is 10.9 Å². The zero-order valence-corrected chi connectivity index (χ0v) is 12.8. The summed E-state index contributed by atoms with van der Waals surface area (Å²) in [6.45, 7) is 1.97. The van der Waals surface area contributed by atoms with Crippen molar-refractivity contribution < 1.29 is 9.18 Å². The first-order chi connectivity index (χ1) is 10.0. The number of rotatable bonds is 2. The molecule has 106 valence electrons. The molecule has 0 radical (unpaired) electrons. The van der Waals surface area contributed by atoms with Crippen molar-refractivity contribution in [1.82, 2.24) is 4.98 Å². The lowest BCUT2D eigenvalue weighted by atomic mass is 10.2. The molecule has 1 aromatic heterocycles. The molecule has 0 bridgehead atoms. The smallest absolute Gasteiger partial charge is 0.272 e. The van der Waals surface area contributed by atoms with Gasteiger partial charge in [-0.25, -0.2) is 4.39 Å². The molecule has 2 aromatic carbocycles. The highest BCUT2D eigenvalue weighted by molar-refractivity contribution is 9.10. The van der Waals surface area contributed by atoms with Gasteiger partial charge in [0.25, 0.3) is 5.91 Å². The van der Waals surface area contributed by atoms with E-state index >= 15 is 0 Å². The molecule has 21 heavy (non-hydrogen) atoms. The summed E-state index contributed by atoms with van der Waals surface area (Å²) < 4.78 is 14.1. The molecule has 0 spiro atoms. The van der Waals surface area contributed by atoms with Gasteiger partial charge >= 0.3 is 0 Å². The van der Waals surface area contributed by atoms with Crippen molar-refractivity contribution in [2.24, 2.45) is 0 Å². The number of anilines is 1. The van der Waals surface area contributed by atoms with Gasteiger partial charge in [-0.15, -0.1) is 0 Å². The standard InChI is InChI=1S/C16H12BrFN2O/c1-9-2-4-12(8-13(9)17)19-16(21)15-7-10-6-11(18)3-5-14(10)20-15/h2-8,20H,1H3,(H,19,21). The monoisotopic (exact) mass is 346 g/mol. The Kier molecular flexibility index (Phi) is 3.51. The van der Waals surface area contributed by atoms with Gasteiger partial charge in [0.15, 0.2) is 0 Å². The summed E-state index contributed by atoms with van der Waals surface area (Å²) in [4.78, 5) is 15.2. The number of carbonyl (C=O) groups excluding carboxylic acids is 1. The van der Waals surface area contributed by atoms with Gasteiger partial charge in [-0.2, -0.15) is 0 Å². The minimum absolute atomic E-state index is 0.262. The van der Waals surface area contributed by atoms with Crippen LogP contribution in [0.1, 0.15) is 16.1 Å². The van der Waals surface area contributed by atoms with Gasteiger partial charge in [0.1, 0.15) is 11.5 Å². The molecule has 0 saturated heterocycles. The number of nitrogens with one attached hydrogen (secondary N) is 2. The number of hydrogen-bond acceptors (Lipinski definition) is 1. The van der Waals surface area contributed by atoms with Gasteiger partial charge in [-0.1, -0.05) is 22.0 Å². The number of aryl methyl sites for hydroxylation is 1. The average molecular weight is 347 g/mol. The van der Waals surface area contributed by atoms with Gasteiger partial charge < -0.3 is 10.3 Å². The molecule has 0 aliphatic heterocycles. The van der Waals surface area contributed by atoms with Gasteiger partial charge in [0.05, 0.1) is 0 Å². The number of halogens is 2. The fraction of sp³-hybridized carbons (Fsp3) is 0.0625. The van der Waals surface area contributed by atoms with Gasteiger partial charge in [0.2, 0.25) is 0 Å². The van der Waals surface area contributed by atoms with Crippen LogP contribution in [0.15, 0.2) is 46.9 Å². The van der Waals surface area contributed by atoms with Crippen molar-refractivity contribution in [3.8, 4) is 0 Å². The van der Waals surface area contributed by atoms with Crippen molar-refractivity contribution in [3.63, 3.8) is 0 Å². The van der Waals surface area contributed by atoms with Crippen LogP contribution in [-0.2, 0) is 0 Å². The summed E-state index contributed by atoms with van der Waals surface area (Å²) in [5, 5.41) is 3.48. The Hall–Kier alpha value is -2.14. The molecule has 0 aliphatic rings. The third-order valence-corrected chi connectivity index (χ3v) is 4.11. The molecule has 1 amide bonds. The molecule has 3 rings (SSSR count). The number of aromatic nitrogens is 1. The summed E-state index contributed by atoms with van der Waals surface area (Å²) in [6, 6.07) is 11.6. The van der Waals surface area contributed by atoms with Gasteiger partial charge in [0, 0.05) is 21.1 Å². The zero-order valence-electron chi connectivity index (χ0n) is 11.2. The highest BCUT2D eigenvalue weighted by atomic mass is 79.9. The van der Waals surface area contributed by atoms with E-state index in [1.165, 1.54) is 12.1 Å². The lowest BCUT2D eigenvalue weighted by Crippen LogP contribution is -2.12. The van der Waals surface area contributed by atoms with Crippen LogP contribution in [0, 0.1) is 12.7 Å². The number of benzene rings is 2. The number of carbonyl (C=O) groups is 1. The molecular formula is C16H12BrFN2O. The van der Waals surface area contributed by atoms with Crippen LogP contribution >= 0.6 is 15.9 Å². The molecule has 1 heterocycles. The highest BCUT2D eigenvalue weighted by Crippen LogP contribution is 2.22. The average Bonchev–Trinajstić information content (AvgIpc) is 2.86. The maximum Gasteiger partial charge on any atom is 0.272 e. The van der Waals surface area contributed by atoms with Crippen LogP contribution in [0.25, 0.3) is 10.9 Å². The predicted molar refractivity (Wildman–Crippen MR) is 85.1 cm³/mol. The zero-order chi connectivity index (χ0) is 15.0. The second-order valence-corrected chi connectivity index (χ2v) is 5.69. The third kappa shape index (κ3) is 2.83. The Morgan fingerprint density at radius 1 is 1.19 bits per heavy atom. The van der Waals surface area contributed by atoms with E-state index in [1.807, 2.05) is 25.1 Å². The Morgan fingerprint density at radius 2 is 2.00 bits per heavy atom. The van der Waals surface area contributed by atoms with E-state index in [1.54, 1.807) is 12.1 Å². The van der Waals surface area contributed by atoms with E-state index in [2.05, 4.69) is 26.2 Å². The van der Waals surface area contributed by atoms with E-state index in [0.29, 0.717) is 16.8 Å². The maximum atomic E-state index is 13.2. The summed E-state index contributed by atoms with van der Waals surface area (Å²) in [7, 11) is 0. The van der Waals surface area contributed by atoms with E-state index < -0.39 is 0 Å². The number of hydrogen-bond donors (Lipinski definition) is 2. The first-order valence-corrected chi connectivity index (χ1v) is 7.18. The molecule has 3 aromatic rings. The van der Waals surface area contributed by atoms with Crippen molar-refractivity contribution in [1.29, 1.82) is 0 Å². The summed E-state index contributed by atoms with van der Waals surface area (Å²) in [5.74, 6) is -0.585. The normalized spacial score (nSPS) is 10.8. The molecule has 0 unspecified atom stereocenters. The quantitative estimate of drug-likeness (QED) is 0.698. The minimum Gasteiger partial charge on any atom is -0.351 e. The van der Waals surface area contributed by atoms with Crippen LogP contribution in [0.4, 0.5) is 10.1 Å². The second-order valence-electron chi connectivity index (χ2n) is 4.83. The van der Waals surface area contributed by atoms with E-state index in [9.17, 15) is 9.18 Å². The highest BCUT2D eigenvalue weighted by Gasteiger charge is 2.10. The number of H-pyrrole nitrogens is 1. The SMILES string of the molecule is Cc1ccc(NC(=O)c2cc3cc(F)ccc3[nH]2)cc1Br. The molecule has 5 heteroatoms. The van der Waals surface area contributed by atoms with Crippen LogP contribution in [0.2, 0.25) is 0 Å². The summed E-state index contributed by atoms with van der Waals surface area (Å²) in [6.07, 6.45) is 0. The maximum absolute atomic E-state index is 13.2. The summed E-state index contributed by atoms with van der Waals surface area (Å²) in [5.41, 5.74) is 2.91. The van der Waals surface area contributed by atoms with Crippen molar-refractivity contribution in [3.05, 3.63) is 64.0 Å². The lowest BCUT2D eigenvalue weighted by molar-refractivity contribution is 0.102. The molecule has 0 fully saturated rings. The predicted octanol–water partition coefficient (Wildman–Crippen LogP) is 4.63. The molecule has 2 N–H and O–H groups in total. The molecule has 0 atom stereocenters. The number of fused-ring (bicyclic) bond motifs is 1. The Balaban J connectivity index is 1.87. The molecule has 0 saturated carbocycles. The first kappa shape index (κ1) is 13.8. The fourth-order valence-corrected chi connectivity index (χ4v) is 2.47. The molecule has 3 nitrogen and oxygen atoms in total. The van der Waals surface area contributed by atoms with Crippen molar-refractivity contribution >= 4 is 38.4 Å². The van der Waals surface area contributed by atoms with Crippen LogP contribution in [0.5, 0.6) is 0 Å². The Labute approximate surface area is 129 Å². The third-order valence-electron chi connectivity index (χ3n) is 3.26. The van der Waals surface area contributed by atoms with Gasteiger partial charge in [-0.3, -0.25) is 4.79 Å².